The van der Waals surface area contributed by atoms with Crippen LogP contribution in [0.1, 0.15) is 59.1 Å². The molecular formula is C22H32Cl2N2O5S. The summed E-state index contributed by atoms with van der Waals surface area (Å²) < 4.78 is 26.9. The van der Waals surface area contributed by atoms with Crippen LogP contribution in [0, 0.1) is 5.92 Å². The zero-order chi connectivity index (χ0) is 23.8. The molecule has 0 spiro atoms. The summed E-state index contributed by atoms with van der Waals surface area (Å²) in [5.41, 5.74) is 0.441. The third-order valence-electron chi connectivity index (χ3n) is 5.82. The van der Waals surface area contributed by atoms with Gasteiger partial charge in [-0.25, -0.2) is 0 Å². The molecular weight excluding hydrogens is 475 g/mol. The van der Waals surface area contributed by atoms with Crippen LogP contribution in [-0.4, -0.2) is 56.8 Å². The molecule has 0 aliphatic carbocycles. The van der Waals surface area contributed by atoms with Gasteiger partial charge in [0.1, 0.15) is 10.5 Å². The minimum absolute atomic E-state index is 0.0000472. The molecule has 1 aromatic carbocycles. The quantitative estimate of drug-likeness (QED) is 0.581. The van der Waals surface area contributed by atoms with Crippen LogP contribution < -0.4 is 4.72 Å². The molecule has 0 bridgehead atoms. The Morgan fingerprint density at radius 3 is 2.47 bits per heavy atom. The molecule has 3 rings (SSSR count). The van der Waals surface area contributed by atoms with E-state index >= 15 is 0 Å². The van der Waals surface area contributed by atoms with E-state index in [2.05, 4.69) is 4.72 Å². The Balaban J connectivity index is 1.77. The van der Waals surface area contributed by atoms with Gasteiger partial charge in [0.05, 0.1) is 22.7 Å². The first-order valence-electron chi connectivity index (χ1n) is 10.8. The first kappa shape index (κ1) is 25.9. The number of benzene rings is 1. The van der Waals surface area contributed by atoms with Gasteiger partial charge in [-0.3, -0.25) is 4.79 Å². The molecule has 180 valence electrons. The normalized spacial score (nSPS) is 23.9. The van der Waals surface area contributed by atoms with E-state index in [-0.39, 0.29) is 29.2 Å². The molecule has 2 aliphatic rings. The lowest BCUT2D eigenvalue weighted by Gasteiger charge is -2.38. The van der Waals surface area contributed by atoms with E-state index in [0.717, 1.165) is 0 Å². The number of hydrogen-bond acceptors (Lipinski definition) is 6. The number of phenols is 1. The van der Waals surface area contributed by atoms with Gasteiger partial charge in [0.15, 0.2) is 11.9 Å². The first-order chi connectivity index (χ1) is 14.8. The minimum Gasteiger partial charge on any atom is -0.598 e. The number of amides is 1. The molecule has 0 radical (unpaired) electrons. The van der Waals surface area contributed by atoms with Gasteiger partial charge < -0.3 is 24.0 Å². The lowest BCUT2D eigenvalue weighted by molar-refractivity contribution is -0.161. The summed E-state index contributed by atoms with van der Waals surface area (Å²) in [4.78, 5) is 14.7. The van der Waals surface area contributed by atoms with Crippen molar-refractivity contribution in [1.82, 2.24) is 9.62 Å². The highest BCUT2D eigenvalue weighted by Gasteiger charge is 2.42. The molecule has 0 aromatic heterocycles. The van der Waals surface area contributed by atoms with Gasteiger partial charge in [-0.1, -0.05) is 23.2 Å². The minimum atomic E-state index is -1.40. The lowest BCUT2D eigenvalue weighted by Crippen LogP contribution is -2.48. The number of nitrogens with zero attached hydrogens (tertiary/aromatic N) is 1. The van der Waals surface area contributed by atoms with Crippen LogP contribution in [0.3, 0.4) is 0 Å². The van der Waals surface area contributed by atoms with E-state index in [4.69, 9.17) is 32.7 Å². The fourth-order valence-corrected chi connectivity index (χ4v) is 5.34. The molecule has 2 aliphatic heterocycles. The molecule has 1 aromatic rings. The van der Waals surface area contributed by atoms with Crippen LogP contribution in [0.25, 0.3) is 0 Å². The van der Waals surface area contributed by atoms with Gasteiger partial charge in [-0.15, -0.1) is 4.72 Å². The zero-order valence-electron chi connectivity index (χ0n) is 19.1. The number of piperidine rings is 1. The summed E-state index contributed by atoms with van der Waals surface area (Å²) in [5, 5.41) is 11.2. The van der Waals surface area contributed by atoms with Crippen LogP contribution in [0.5, 0.6) is 5.75 Å². The predicted molar refractivity (Wildman–Crippen MR) is 126 cm³/mol. The number of carbonyl (C=O) groups excluding carboxylic acids is 1. The van der Waals surface area contributed by atoms with Gasteiger partial charge in [-0.05, 0) is 65.5 Å². The summed E-state index contributed by atoms with van der Waals surface area (Å²) in [6.07, 6.45) is 0.684. The van der Waals surface area contributed by atoms with E-state index < -0.39 is 34.0 Å². The van der Waals surface area contributed by atoms with Crippen molar-refractivity contribution >= 4 is 40.5 Å². The average Bonchev–Trinajstić information content (AvgIpc) is 3.08. The SMILES string of the molecule is CC1(C)OC[C@H](C(=O)N2CCC(C(N[S@@+]([O-])C(C)(C)C)c3c(O)ccc(Cl)c3Cl)CC2)O1. The molecule has 2 heterocycles. The number of hydrogen-bond donors (Lipinski definition) is 2. The Morgan fingerprint density at radius 2 is 1.94 bits per heavy atom. The fourth-order valence-electron chi connectivity index (χ4n) is 4.00. The Hall–Kier alpha value is -0.740. The molecule has 2 N–H and O–H groups in total. The van der Waals surface area contributed by atoms with Crippen molar-refractivity contribution < 1.29 is 23.9 Å². The van der Waals surface area contributed by atoms with Crippen molar-refractivity contribution in [2.75, 3.05) is 19.7 Å². The van der Waals surface area contributed by atoms with E-state index in [1.54, 1.807) is 18.7 Å². The van der Waals surface area contributed by atoms with Crippen molar-refractivity contribution in [1.29, 1.82) is 0 Å². The topological polar surface area (TPSA) is 94.1 Å². The third-order valence-corrected chi connectivity index (χ3v) is 8.22. The van der Waals surface area contributed by atoms with Crippen molar-refractivity contribution in [3.05, 3.63) is 27.7 Å². The second-order valence-electron chi connectivity index (χ2n) is 9.75. The van der Waals surface area contributed by atoms with Gasteiger partial charge in [0.2, 0.25) is 0 Å². The third kappa shape index (κ3) is 5.84. The number of phenolic OH excluding ortho intramolecular Hbond substituents is 1. The number of halogens is 2. The molecule has 32 heavy (non-hydrogen) atoms. The summed E-state index contributed by atoms with van der Waals surface area (Å²) in [7, 11) is 0. The highest BCUT2D eigenvalue weighted by atomic mass is 35.5. The number of nitrogens with one attached hydrogen (secondary N) is 1. The Bertz CT molecular complexity index is 840. The van der Waals surface area contributed by atoms with Gasteiger partial charge in [0, 0.05) is 30.0 Å². The average molecular weight is 507 g/mol. The first-order valence-corrected chi connectivity index (χ1v) is 12.7. The van der Waals surface area contributed by atoms with Crippen molar-refractivity contribution in [3.63, 3.8) is 0 Å². The van der Waals surface area contributed by atoms with E-state index in [0.29, 0.717) is 36.5 Å². The standard InChI is InChI=1S/C22H32Cl2N2O5S/c1-21(2,3)32(29)25-19(17-15(27)7-6-14(23)18(17)24)13-8-10-26(11-9-13)20(28)16-12-30-22(4,5)31-16/h6-7,13,16,19,25,27H,8-12H2,1-5H3/t16-,19?,32+/m1/s1. The van der Waals surface area contributed by atoms with Crippen LogP contribution in [0.2, 0.25) is 10.0 Å². The second kappa shape index (κ2) is 9.86. The Kier molecular flexibility index (Phi) is 7.97. The molecule has 0 saturated carbocycles. The Morgan fingerprint density at radius 1 is 1.31 bits per heavy atom. The Labute approximate surface area is 203 Å². The molecule has 10 heteroatoms. The molecule has 7 nitrogen and oxygen atoms in total. The summed E-state index contributed by atoms with van der Waals surface area (Å²) in [6, 6.07) is 2.55. The number of carbonyl (C=O) groups is 1. The highest BCUT2D eigenvalue weighted by Crippen LogP contribution is 2.43. The highest BCUT2D eigenvalue weighted by molar-refractivity contribution is 7.90. The number of aromatic hydroxyl groups is 1. The number of ether oxygens (including phenoxy) is 2. The largest absolute Gasteiger partial charge is 0.598 e. The van der Waals surface area contributed by atoms with E-state index in [9.17, 15) is 14.5 Å². The van der Waals surface area contributed by atoms with Crippen molar-refractivity contribution in [2.24, 2.45) is 5.92 Å². The molecule has 1 amide bonds. The monoisotopic (exact) mass is 506 g/mol. The van der Waals surface area contributed by atoms with Crippen LogP contribution in [0.15, 0.2) is 12.1 Å². The van der Waals surface area contributed by atoms with Gasteiger partial charge >= 0.3 is 0 Å². The van der Waals surface area contributed by atoms with Crippen molar-refractivity contribution in [3.8, 4) is 5.75 Å². The van der Waals surface area contributed by atoms with Crippen LogP contribution in [0.4, 0.5) is 0 Å². The maximum Gasteiger partial charge on any atom is 0.254 e. The van der Waals surface area contributed by atoms with Crippen LogP contribution in [-0.2, 0) is 25.6 Å². The molecule has 3 atom stereocenters. The maximum absolute atomic E-state index is 13.0. The number of rotatable bonds is 5. The summed E-state index contributed by atoms with van der Waals surface area (Å²) >= 11 is 11.3. The molecule has 2 saturated heterocycles. The summed E-state index contributed by atoms with van der Waals surface area (Å²) in [6.45, 7) is 10.5. The number of likely N-dealkylation sites (tertiary alicyclic amines) is 1. The summed E-state index contributed by atoms with van der Waals surface area (Å²) in [5.74, 6) is -0.851. The fraction of sp³-hybridized carbons (Fsp3) is 0.682. The second-order valence-corrected chi connectivity index (χ2v) is 12.5. The van der Waals surface area contributed by atoms with E-state index in [1.807, 2.05) is 20.8 Å². The van der Waals surface area contributed by atoms with Gasteiger partial charge in [0.25, 0.3) is 5.91 Å². The van der Waals surface area contributed by atoms with Crippen molar-refractivity contribution in [2.45, 2.75) is 70.1 Å². The molecule has 1 unspecified atom stereocenters. The smallest absolute Gasteiger partial charge is 0.254 e. The lowest BCUT2D eigenvalue weighted by atomic mass is 9.85. The maximum atomic E-state index is 13.0. The van der Waals surface area contributed by atoms with Gasteiger partial charge in [-0.2, -0.15) is 0 Å². The molecule has 2 fully saturated rings. The van der Waals surface area contributed by atoms with Crippen LogP contribution >= 0.6 is 23.2 Å². The zero-order valence-corrected chi connectivity index (χ0v) is 21.4. The van der Waals surface area contributed by atoms with E-state index in [1.165, 1.54) is 12.1 Å². The predicted octanol–water partition coefficient (Wildman–Crippen LogP) is 4.18.